The number of para-hydroxylation sites is 8. The monoisotopic (exact) mass is 1380 g/mol. The Morgan fingerprint density at radius 1 is 0.275 bits per heavy atom. The molecule has 17 rings (SSSR count). The van der Waals surface area contributed by atoms with Crippen molar-refractivity contribution in [3.63, 3.8) is 0 Å². The molecule has 500 valence electrons. The minimum absolute atomic E-state index is 0.0596. The summed E-state index contributed by atoms with van der Waals surface area (Å²) in [6.07, 6.45) is 3.59. The smallest absolute Gasteiger partial charge is 0.419 e. The van der Waals surface area contributed by atoms with Crippen LogP contribution in [0.2, 0.25) is 6.55 Å². The Hall–Kier alpha value is -12.1. The van der Waals surface area contributed by atoms with E-state index in [9.17, 15) is 17.6 Å². The highest BCUT2D eigenvalue weighted by Gasteiger charge is 2.45. The number of rotatable bonds is 11. The maximum absolute atomic E-state index is 13.4. The average Bonchev–Trinajstić information content (AvgIpc) is 0.728. The maximum atomic E-state index is 13.4. The van der Waals surface area contributed by atoms with E-state index >= 15 is 0 Å². The molecule has 0 N–H and O–H groups in total. The standard InChI is InChI=1S/C32H26NOSi.C27H24NOSi.C15H11F3NO.C14H11FNO/c1-5-15-27(16-6-1)33-24-26-14-13-23-31(32(26)34-25-33)35(28-17-7-2-8-18-28,29-19-9-3-10-20-29)30-21-11-4-12-22-30;1-30(24-15-7-3-8-16-24,25-17-9-4-10-18-25)26-19-11-12-22-20-28(21-29-27(22)26)23-13-5-2-6-14-23;16-15(17,18)13-8-4-5-11-9-19(10-20-14(11)13)12-6-2-1-3-7-12;15-13-8-4-5-11-9-16(10-17-14(11)13)12-6-2-1-3-7-12/h1-24H,25H2;2-20H,21H2,1H3;1-9H,10H2;1-9H,10H2/q4*+1. The van der Waals surface area contributed by atoms with E-state index < -0.39 is 27.9 Å². The van der Waals surface area contributed by atoms with Gasteiger partial charge in [-0.05, 0) is 72.7 Å². The Morgan fingerprint density at radius 3 is 0.892 bits per heavy atom. The number of ether oxygens (including phenoxy) is 4. The summed E-state index contributed by atoms with van der Waals surface area (Å²) in [5.74, 6) is 1.92. The summed E-state index contributed by atoms with van der Waals surface area (Å²) >= 11 is 0. The molecule has 0 saturated carbocycles. The van der Waals surface area contributed by atoms with E-state index in [1.54, 1.807) is 22.9 Å². The summed E-state index contributed by atoms with van der Waals surface area (Å²) in [5.41, 5.74) is 6.86. The van der Waals surface area contributed by atoms with Gasteiger partial charge in [-0.2, -0.15) is 31.5 Å². The Morgan fingerprint density at radius 2 is 0.539 bits per heavy atom. The van der Waals surface area contributed by atoms with Gasteiger partial charge in [0, 0.05) is 48.5 Å². The Bertz CT molecular complexity index is 5020. The fourth-order valence-electron chi connectivity index (χ4n) is 13.6. The van der Waals surface area contributed by atoms with Gasteiger partial charge in [-0.15, -0.1) is 0 Å². The van der Waals surface area contributed by atoms with Crippen LogP contribution in [0.15, 0.2) is 346 Å². The van der Waals surface area contributed by atoms with Crippen LogP contribution in [0.25, 0.3) is 0 Å². The van der Waals surface area contributed by atoms with Gasteiger partial charge in [-0.3, -0.25) is 0 Å². The third kappa shape index (κ3) is 14.2. The van der Waals surface area contributed by atoms with Gasteiger partial charge in [0.25, 0.3) is 26.9 Å². The molecular weight excluding hydrogens is 1310 g/mol. The number of alkyl halides is 3. The van der Waals surface area contributed by atoms with Crippen molar-refractivity contribution in [1.29, 1.82) is 0 Å². The van der Waals surface area contributed by atoms with Crippen molar-refractivity contribution in [2.75, 3.05) is 26.9 Å². The van der Waals surface area contributed by atoms with E-state index in [1.807, 2.05) is 89.7 Å². The summed E-state index contributed by atoms with van der Waals surface area (Å²) < 4.78 is 84.0. The van der Waals surface area contributed by atoms with E-state index in [2.05, 4.69) is 265 Å². The number of hydrogen-bond donors (Lipinski definition) is 0. The van der Waals surface area contributed by atoms with Crippen LogP contribution in [0.1, 0.15) is 27.8 Å². The lowest BCUT2D eigenvalue weighted by molar-refractivity contribution is -0.476. The summed E-state index contributed by atoms with van der Waals surface area (Å²) in [5, 5.41) is 9.42. The molecule has 4 heterocycles. The van der Waals surface area contributed by atoms with Crippen LogP contribution in [0.3, 0.4) is 0 Å². The molecule has 0 spiro atoms. The molecule has 8 nitrogen and oxygen atoms in total. The van der Waals surface area contributed by atoms with Gasteiger partial charge < -0.3 is 18.9 Å². The van der Waals surface area contributed by atoms with Crippen LogP contribution in [-0.2, 0) is 6.18 Å². The second-order valence-corrected chi connectivity index (χ2v) is 32.6. The molecule has 0 bridgehead atoms. The van der Waals surface area contributed by atoms with Crippen LogP contribution < -0.4 is 55.3 Å². The van der Waals surface area contributed by atoms with Crippen molar-refractivity contribution >= 4 is 100 Å². The molecule has 4 aliphatic rings. The van der Waals surface area contributed by atoms with Crippen molar-refractivity contribution < 1.29 is 54.8 Å². The Balaban J connectivity index is 0.000000120. The SMILES string of the molecule is C1=[N+](c2ccccc2)COc2c1cccc2[Si](c1ccccc1)(c1ccccc1)c1ccccc1.C[Si](c1ccccc1)(c1ccccc1)c1cccc2c1OC[N+](c1ccccc1)=C2.FC(F)(F)c1cccc2c1OC[N+](c1ccccc1)=C2.Fc1cccc2c1OC[N+](c1ccccc1)=C2. The first-order valence-corrected chi connectivity index (χ1v) is 38.2. The third-order valence-corrected chi connectivity index (χ3v) is 27.9. The summed E-state index contributed by atoms with van der Waals surface area (Å²) in [6, 6.07) is 117. The van der Waals surface area contributed by atoms with E-state index in [4.69, 9.17) is 18.9 Å². The molecule has 0 atom stereocenters. The van der Waals surface area contributed by atoms with E-state index in [0.717, 1.165) is 57.0 Å². The summed E-state index contributed by atoms with van der Waals surface area (Å²) in [6.45, 7) is 3.82. The highest BCUT2D eigenvalue weighted by molar-refractivity contribution is 7.20. The number of fused-ring (bicyclic) bond motifs is 4. The minimum Gasteiger partial charge on any atom is -0.435 e. The minimum atomic E-state index is -4.41. The zero-order chi connectivity index (χ0) is 69.7. The molecular formula is C88H72F4N4O4Si2+4. The average molecular weight is 1380 g/mol. The van der Waals surface area contributed by atoms with E-state index in [0.29, 0.717) is 31.5 Å². The molecule has 0 amide bonds. The van der Waals surface area contributed by atoms with Crippen molar-refractivity contribution in [2.45, 2.75) is 12.7 Å². The maximum Gasteiger partial charge on any atom is 0.419 e. The van der Waals surface area contributed by atoms with Crippen molar-refractivity contribution in [3.8, 4) is 23.0 Å². The first-order valence-electron chi connectivity index (χ1n) is 33.7. The molecule has 13 aromatic rings. The second kappa shape index (κ2) is 30.6. The molecule has 102 heavy (non-hydrogen) atoms. The van der Waals surface area contributed by atoms with Crippen LogP contribution in [0.5, 0.6) is 23.0 Å². The molecule has 4 aliphatic heterocycles. The van der Waals surface area contributed by atoms with Crippen molar-refractivity contribution in [2.24, 2.45) is 0 Å². The largest absolute Gasteiger partial charge is 0.435 e. The Labute approximate surface area is 593 Å². The summed E-state index contributed by atoms with van der Waals surface area (Å²) in [4.78, 5) is 0. The normalized spacial score (nSPS) is 13.3. The molecule has 0 fully saturated rings. The van der Waals surface area contributed by atoms with Gasteiger partial charge in [-0.25, -0.2) is 4.39 Å². The Kier molecular flexibility index (Phi) is 20.1. The van der Waals surface area contributed by atoms with Crippen molar-refractivity contribution in [3.05, 3.63) is 379 Å². The molecule has 14 heteroatoms. The molecule has 0 unspecified atom stereocenters. The molecule has 0 saturated heterocycles. The van der Waals surface area contributed by atoms with Gasteiger partial charge in [0.05, 0.1) is 27.8 Å². The first-order chi connectivity index (χ1) is 50.0. The highest BCUT2D eigenvalue weighted by atomic mass is 28.3. The predicted octanol–water partition coefficient (Wildman–Crippen LogP) is 14.8. The quantitative estimate of drug-likeness (QED) is 0.0560. The van der Waals surface area contributed by atoms with Gasteiger partial charge in [-0.1, -0.05) is 267 Å². The van der Waals surface area contributed by atoms with Crippen LogP contribution in [0.4, 0.5) is 40.3 Å². The van der Waals surface area contributed by atoms with Crippen molar-refractivity contribution in [1.82, 2.24) is 0 Å². The number of hydrogen-bond acceptors (Lipinski definition) is 4. The van der Waals surface area contributed by atoms with Crippen LogP contribution in [-0.4, -0.2) is 86.2 Å². The summed E-state index contributed by atoms with van der Waals surface area (Å²) in [7, 11) is -4.87. The van der Waals surface area contributed by atoms with Gasteiger partial charge in [0.1, 0.15) is 19.6 Å². The number of halogens is 4. The zero-order valence-corrected chi connectivity index (χ0v) is 58.0. The predicted molar refractivity (Wildman–Crippen MR) is 406 cm³/mol. The van der Waals surface area contributed by atoms with E-state index in [-0.39, 0.29) is 18.3 Å². The number of nitrogens with zero attached hydrogens (tertiary/aromatic N) is 4. The molecule has 0 aromatic heterocycles. The third-order valence-electron chi connectivity index (χ3n) is 18.6. The van der Waals surface area contributed by atoms with Gasteiger partial charge >= 0.3 is 6.18 Å². The van der Waals surface area contributed by atoms with E-state index in [1.165, 1.54) is 48.4 Å². The lowest BCUT2D eigenvalue weighted by Gasteiger charge is -2.36. The zero-order valence-electron chi connectivity index (χ0n) is 56.0. The topological polar surface area (TPSA) is 49.0 Å². The highest BCUT2D eigenvalue weighted by Crippen LogP contribution is 2.39. The molecule has 0 radical (unpaired) electrons. The lowest BCUT2D eigenvalue weighted by Crippen LogP contribution is -2.75. The van der Waals surface area contributed by atoms with Crippen LogP contribution >= 0.6 is 0 Å². The van der Waals surface area contributed by atoms with Crippen LogP contribution in [0, 0.1) is 5.82 Å². The fraction of sp³-hybridized carbons (Fsp3) is 0.0682. The fourth-order valence-corrected chi connectivity index (χ4v) is 22.3. The van der Waals surface area contributed by atoms with Gasteiger partial charge in [0.15, 0.2) is 50.2 Å². The second-order valence-electron chi connectivity index (χ2n) is 24.9. The lowest BCUT2D eigenvalue weighted by atomic mass is 10.1. The first kappa shape index (κ1) is 67.1. The molecule has 13 aromatic carbocycles. The van der Waals surface area contributed by atoms with Gasteiger partial charge in [0.2, 0.25) is 22.7 Å². The molecule has 0 aliphatic carbocycles. The number of benzene rings is 13.